The summed E-state index contributed by atoms with van der Waals surface area (Å²) in [5.41, 5.74) is 2.29. The van der Waals surface area contributed by atoms with Crippen molar-refractivity contribution in [2.45, 2.75) is 25.3 Å². The van der Waals surface area contributed by atoms with Gasteiger partial charge >= 0.3 is 0 Å². The van der Waals surface area contributed by atoms with Crippen LogP contribution >= 0.6 is 0 Å². The van der Waals surface area contributed by atoms with E-state index in [0.29, 0.717) is 6.04 Å². The molecule has 3 nitrogen and oxygen atoms in total. The molecule has 1 atom stereocenters. The molecule has 0 bridgehead atoms. The molecule has 1 aliphatic heterocycles. The van der Waals surface area contributed by atoms with E-state index < -0.39 is 0 Å². The topological polar surface area (TPSA) is 28.2 Å². The standard InChI is InChI=1S/C16H21N3/c1-19-11-4-5-13(9-12-19)18-16-8-2-7-15-14(16)6-3-10-17-15/h2-3,6-8,10,13,18H,4-5,9,11-12H2,1H3. The third kappa shape index (κ3) is 2.87. The average Bonchev–Trinajstić information content (AvgIpc) is 2.64. The van der Waals surface area contributed by atoms with Crippen LogP contribution in [-0.2, 0) is 0 Å². The number of pyridine rings is 1. The largest absolute Gasteiger partial charge is 0.382 e. The fourth-order valence-corrected chi connectivity index (χ4v) is 2.83. The first-order valence-electron chi connectivity index (χ1n) is 7.12. The Morgan fingerprint density at radius 3 is 3.05 bits per heavy atom. The maximum absolute atomic E-state index is 4.42. The molecular weight excluding hydrogens is 234 g/mol. The molecule has 0 aliphatic carbocycles. The van der Waals surface area contributed by atoms with Crippen molar-refractivity contribution in [2.75, 3.05) is 25.5 Å². The van der Waals surface area contributed by atoms with Gasteiger partial charge in [0.15, 0.2) is 0 Å². The van der Waals surface area contributed by atoms with Crippen molar-refractivity contribution >= 4 is 16.6 Å². The molecule has 1 aromatic carbocycles. The Balaban J connectivity index is 1.81. The highest BCUT2D eigenvalue weighted by molar-refractivity contribution is 5.91. The summed E-state index contributed by atoms with van der Waals surface area (Å²) in [5, 5.41) is 4.94. The zero-order chi connectivity index (χ0) is 13.1. The quantitative estimate of drug-likeness (QED) is 0.893. The molecule has 0 radical (unpaired) electrons. The van der Waals surface area contributed by atoms with Crippen LogP contribution in [0.4, 0.5) is 5.69 Å². The highest BCUT2D eigenvalue weighted by Crippen LogP contribution is 2.24. The molecule has 2 heterocycles. The zero-order valence-electron chi connectivity index (χ0n) is 11.5. The number of fused-ring (bicyclic) bond motifs is 1. The van der Waals surface area contributed by atoms with E-state index >= 15 is 0 Å². The predicted octanol–water partition coefficient (Wildman–Crippen LogP) is 3.13. The highest BCUT2D eigenvalue weighted by Gasteiger charge is 2.15. The number of nitrogens with one attached hydrogen (secondary N) is 1. The van der Waals surface area contributed by atoms with E-state index in [2.05, 4.69) is 46.5 Å². The fourth-order valence-electron chi connectivity index (χ4n) is 2.83. The summed E-state index contributed by atoms with van der Waals surface area (Å²) >= 11 is 0. The lowest BCUT2D eigenvalue weighted by molar-refractivity contribution is 0.348. The van der Waals surface area contributed by atoms with E-state index in [1.54, 1.807) is 0 Å². The molecule has 19 heavy (non-hydrogen) atoms. The van der Waals surface area contributed by atoms with Crippen molar-refractivity contribution in [3.8, 4) is 0 Å². The summed E-state index contributed by atoms with van der Waals surface area (Å²) in [4.78, 5) is 6.84. The Morgan fingerprint density at radius 2 is 2.11 bits per heavy atom. The van der Waals surface area contributed by atoms with E-state index in [9.17, 15) is 0 Å². The Bertz CT molecular complexity index is 547. The number of hydrogen-bond acceptors (Lipinski definition) is 3. The summed E-state index contributed by atoms with van der Waals surface area (Å²) in [6, 6.07) is 11.1. The van der Waals surface area contributed by atoms with Crippen LogP contribution in [0.15, 0.2) is 36.5 Å². The second-order valence-electron chi connectivity index (χ2n) is 5.45. The van der Waals surface area contributed by atoms with Crippen molar-refractivity contribution in [1.82, 2.24) is 9.88 Å². The molecule has 0 saturated carbocycles. The first-order valence-corrected chi connectivity index (χ1v) is 7.12. The Morgan fingerprint density at radius 1 is 1.16 bits per heavy atom. The van der Waals surface area contributed by atoms with Crippen LogP contribution in [0.3, 0.4) is 0 Å². The second-order valence-corrected chi connectivity index (χ2v) is 5.45. The number of likely N-dealkylation sites (tertiary alicyclic amines) is 1. The van der Waals surface area contributed by atoms with Crippen molar-refractivity contribution in [1.29, 1.82) is 0 Å². The first-order chi connectivity index (χ1) is 9.33. The minimum Gasteiger partial charge on any atom is -0.382 e. The van der Waals surface area contributed by atoms with Gasteiger partial charge in [0.2, 0.25) is 0 Å². The SMILES string of the molecule is CN1CCCC(Nc2cccc3ncccc23)CC1. The molecule has 1 aromatic heterocycles. The van der Waals surface area contributed by atoms with Gasteiger partial charge in [0.25, 0.3) is 0 Å². The van der Waals surface area contributed by atoms with E-state index in [4.69, 9.17) is 0 Å². The van der Waals surface area contributed by atoms with E-state index in [0.717, 1.165) is 5.52 Å². The van der Waals surface area contributed by atoms with Crippen molar-refractivity contribution < 1.29 is 0 Å². The minimum atomic E-state index is 0.579. The van der Waals surface area contributed by atoms with Crippen LogP contribution in [0.2, 0.25) is 0 Å². The number of hydrogen-bond donors (Lipinski definition) is 1. The number of nitrogens with zero attached hydrogens (tertiary/aromatic N) is 2. The first kappa shape index (κ1) is 12.4. The number of aromatic nitrogens is 1. The van der Waals surface area contributed by atoms with E-state index in [-0.39, 0.29) is 0 Å². The average molecular weight is 255 g/mol. The number of benzene rings is 1. The van der Waals surface area contributed by atoms with Crippen LogP contribution in [0.5, 0.6) is 0 Å². The molecule has 3 heteroatoms. The fraction of sp³-hybridized carbons (Fsp3) is 0.438. The molecule has 0 spiro atoms. The zero-order valence-corrected chi connectivity index (χ0v) is 11.5. The van der Waals surface area contributed by atoms with Gasteiger partial charge in [-0.25, -0.2) is 0 Å². The van der Waals surface area contributed by atoms with Gasteiger partial charge in [0.1, 0.15) is 0 Å². The molecule has 1 unspecified atom stereocenters. The maximum Gasteiger partial charge on any atom is 0.0722 e. The maximum atomic E-state index is 4.42. The minimum absolute atomic E-state index is 0.579. The molecule has 1 fully saturated rings. The molecule has 1 saturated heterocycles. The van der Waals surface area contributed by atoms with E-state index in [1.807, 2.05) is 12.3 Å². The van der Waals surface area contributed by atoms with Crippen molar-refractivity contribution in [3.63, 3.8) is 0 Å². The normalized spacial score (nSPS) is 21.2. The molecule has 1 N–H and O–H groups in total. The number of anilines is 1. The molecule has 0 amide bonds. The summed E-state index contributed by atoms with van der Waals surface area (Å²) < 4.78 is 0. The smallest absolute Gasteiger partial charge is 0.0722 e. The lowest BCUT2D eigenvalue weighted by atomic mass is 10.1. The third-order valence-corrected chi connectivity index (χ3v) is 3.96. The third-order valence-electron chi connectivity index (χ3n) is 3.96. The lowest BCUT2D eigenvalue weighted by Crippen LogP contribution is -2.23. The second kappa shape index (κ2) is 5.57. The Kier molecular flexibility index (Phi) is 3.65. The molecule has 3 rings (SSSR count). The summed E-state index contributed by atoms with van der Waals surface area (Å²) in [6.07, 6.45) is 5.60. The molecule has 100 valence electrons. The van der Waals surface area contributed by atoms with Crippen LogP contribution in [0, 0.1) is 0 Å². The van der Waals surface area contributed by atoms with Gasteiger partial charge in [0, 0.05) is 23.3 Å². The van der Waals surface area contributed by atoms with Gasteiger partial charge in [-0.2, -0.15) is 0 Å². The van der Waals surface area contributed by atoms with E-state index in [1.165, 1.54) is 43.4 Å². The van der Waals surface area contributed by atoms with Gasteiger partial charge < -0.3 is 10.2 Å². The van der Waals surface area contributed by atoms with Crippen LogP contribution in [-0.4, -0.2) is 36.1 Å². The van der Waals surface area contributed by atoms with Crippen molar-refractivity contribution in [3.05, 3.63) is 36.5 Å². The molecule has 1 aliphatic rings. The summed E-state index contributed by atoms with van der Waals surface area (Å²) in [7, 11) is 2.21. The highest BCUT2D eigenvalue weighted by atomic mass is 15.1. The number of rotatable bonds is 2. The van der Waals surface area contributed by atoms with Gasteiger partial charge in [-0.15, -0.1) is 0 Å². The van der Waals surface area contributed by atoms with Crippen LogP contribution in [0.25, 0.3) is 10.9 Å². The Hall–Kier alpha value is -1.61. The van der Waals surface area contributed by atoms with Gasteiger partial charge in [-0.3, -0.25) is 4.98 Å². The van der Waals surface area contributed by atoms with Gasteiger partial charge in [-0.1, -0.05) is 6.07 Å². The molecule has 2 aromatic rings. The monoisotopic (exact) mass is 255 g/mol. The Labute approximate surface area is 114 Å². The van der Waals surface area contributed by atoms with Crippen molar-refractivity contribution in [2.24, 2.45) is 0 Å². The lowest BCUT2D eigenvalue weighted by Gasteiger charge is -2.19. The van der Waals surface area contributed by atoms with Crippen LogP contribution in [0.1, 0.15) is 19.3 Å². The van der Waals surface area contributed by atoms with Gasteiger partial charge in [-0.05, 0) is 63.7 Å². The summed E-state index contributed by atoms with van der Waals surface area (Å²) in [6.45, 7) is 2.40. The van der Waals surface area contributed by atoms with Gasteiger partial charge in [0.05, 0.1) is 5.52 Å². The summed E-state index contributed by atoms with van der Waals surface area (Å²) in [5.74, 6) is 0. The predicted molar refractivity (Wildman–Crippen MR) is 80.5 cm³/mol. The molecular formula is C16H21N3. The van der Waals surface area contributed by atoms with Crippen LogP contribution < -0.4 is 5.32 Å².